The molecule has 0 aromatic heterocycles. The minimum Gasteiger partial charge on any atom is -0.352 e. The lowest BCUT2D eigenvalue weighted by atomic mass is 10.2. The maximum absolute atomic E-state index is 11.9. The number of rotatable bonds is 5. The van der Waals surface area contributed by atoms with Crippen molar-refractivity contribution in [3.63, 3.8) is 0 Å². The van der Waals surface area contributed by atoms with Gasteiger partial charge < -0.3 is 10.2 Å². The Bertz CT molecular complexity index is 467. The van der Waals surface area contributed by atoms with Crippen molar-refractivity contribution in [2.24, 2.45) is 0 Å². The number of amides is 2. The number of nitrogens with one attached hydrogen (secondary N) is 1. The molecule has 20 heavy (non-hydrogen) atoms. The summed E-state index contributed by atoms with van der Waals surface area (Å²) in [6.07, 6.45) is 4.58. The SMILES string of the molecule is CSc1ccc(C(=O)NCCC(=O)N2CCCC2)cc1. The van der Waals surface area contributed by atoms with Gasteiger partial charge in [0.2, 0.25) is 5.91 Å². The van der Waals surface area contributed by atoms with Gasteiger partial charge in [0.15, 0.2) is 0 Å². The van der Waals surface area contributed by atoms with Gasteiger partial charge in [-0.3, -0.25) is 9.59 Å². The molecular formula is C15H20N2O2S. The number of nitrogens with zero attached hydrogens (tertiary/aromatic N) is 1. The van der Waals surface area contributed by atoms with Gasteiger partial charge in [0.25, 0.3) is 5.91 Å². The summed E-state index contributed by atoms with van der Waals surface area (Å²) in [6, 6.07) is 7.47. The van der Waals surface area contributed by atoms with Crippen LogP contribution in [0.15, 0.2) is 29.2 Å². The maximum Gasteiger partial charge on any atom is 0.251 e. The van der Waals surface area contributed by atoms with Crippen LogP contribution in [0.4, 0.5) is 0 Å². The fourth-order valence-corrected chi connectivity index (χ4v) is 2.66. The molecule has 0 aliphatic carbocycles. The van der Waals surface area contributed by atoms with Crippen molar-refractivity contribution < 1.29 is 9.59 Å². The lowest BCUT2D eigenvalue weighted by Crippen LogP contribution is -2.32. The first-order valence-corrected chi connectivity index (χ1v) is 8.13. The molecule has 1 heterocycles. The predicted molar refractivity (Wildman–Crippen MR) is 81.0 cm³/mol. The summed E-state index contributed by atoms with van der Waals surface area (Å²) in [5.74, 6) is 0.0207. The number of carbonyl (C=O) groups is 2. The molecule has 0 bridgehead atoms. The molecule has 4 nitrogen and oxygen atoms in total. The minimum absolute atomic E-state index is 0.119. The third-order valence-electron chi connectivity index (χ3n) is 3.44. The molecule has 0 spiro atoms. The van der Waals surface area contributed by atoms with Gasteiger partial charge in [0.1, 0.15) is 0 Å². The van der Waals surface area contributed by atoms with E-state index in [0.717, 1.165) is 30.8 Å². The van der Waals surface area contributed by atoms with Crippen LogP contribution in [0.1, 0.15) is 29.6 Å². The first-order chi connectivity index (χ1) is 9.70. The van der Waals surface area contributed by atoms with Crippen LogP contribution < -0.4 is 5.32 Å². The van der Waals surface area contributed by atoms with Crippen LogP contribution in [0.25, 0.3) is 0 Å². The Hall–Kier alpha value is -1.49. The second-order valence-electron chi connectivity index (χ2n) is 4.82. The van der Waals surface area contributed by atoms with Gasteiger partial charge in [-0.1, -0.05) is 0 Å². The van der Waals surface area contributed by atoms with E-state index in [4.69, 9.17) is 0 Å². The first kappa shape index (κ1) is 14.9. The zero-order chi connectivity index (χ0) is 14.4. The first-order valence-electron chi connectivity index (χ1n) is 6.91. The van der Waals surface area contributed by atoms with Gasteiger partial charge in [0, 0.05) is 36.5 Å². The highest BCUT2D eigenvalue weighted by molar-refractivity contribution is 7.98. The Balaban J connectivity index is 1.75. The van der Waals surface area contributed by atoms with Crippen molar-refractivity contribution in [2.75, 3.05) is 25.9 Å². The summed E-state index contributed by atoms with van der Waals surface area (Å²) in [4.78, 5) is 26.7. The molecule has 1 fully saturated rings. The van der Waals surface area contributed by atoms with E-state index in [9.17, 15) is 9.59 Å². The second kappa shape index (κ2) is 7.33. The lowest BCUT2D eigenvalue weighted by Gasteiger charge is -2.15. The van der Waals surface area contributed by atoms with Crippen molar-refractivity contribution in [3.05, 3.63) is 29.8 Å². The zero-order valence-corrected chi connectivity index (χ0v) is 12.5. The molecule has 1 aliphatic rings. The highest BCUT2D eigenvalue weighted by Crippen LogP contribution is 2.14. The highest BCUT2D eigenvalue weighted by Gasteiger charge is 2.17. The quantitative estimate of drug-likeness (QED) is 0.846. The molecule has 0 unspecified atom stereocenters. The molecule has 1 aromatic carbocycles. The summed E-state index contributed by atoms with van der Waals surface area (Å²) >= 11 is 1.64. The summed E-state index contributed by atoms with van der Waals surface area (Å²) in [7, 11) is 0. The van der Waals surface area contributed by atoms with E-state index in [-0.39, 0.29) is 11.8 Å². The summed E-state index contributed by atoms with van der Waals surface area (Å²) < 4.78 is 0. The maximum atomic E-state index is 11.9. The number of hydrogen-bond donors (Lipinski definition) is 1. The molecule has 1 aromatic rings. The number of benzene rings is 1. The zero-order valence-electron chi connectivity index (χ0n) is 11.7. The number of hydrogen-bond acceptors (Lipinski definition) is 3. The Morgan fingerprint density at radius 2 is 1.85 bits per heavy atom. The molecule has 5 heteroatoms. The number of thioether (sulfide) groups is 1. The Kier molecular flexibility index (Phi) is 5.47. The van der Waals surface area contributed by atoms with Gasteiger partial charge in [-0.15, -0.1) is 11.8 Å². The van der Waals surface area contributed by atoms with Gasteiger partial charge in [-0.2, -0.15) is 0 Å². The van der Waals surface area contributed by atoms with Crippen LogP contribution in [0.2, 0.25) is 0 Å². The van der Waals surface area contributed by atoms with Crippen LogP contribution in [-0.2, 0) is 4.79 Å². The summed E-state index contributed by atoms with van der Waals surface area (Å²) in [5, 5.41) is 2.80. The van der Waals surface area contributed by atoms with Crippen molar-refractivity contribution in [1.29, 1.82) is 0 Å². The van der Waals surface area contributed by atoms with Crippen LogP contribution in [0.3, 0.4) is 0 Å². The molecule has 0 radical (unpaired) electrons. The molecule has 1 aliphatic heterocycles. The Morgan fingerprint density at radius 3 is 2.45 bits per heavy atom. The molecule has 108 valence electrons. The van der Waals surface area contributed by atoms with Crippen LogP contribution >= 0.6 is 11.8 Å². The molecule has 2 amide bonds. The Labute approximate surface area is 123 Å². The fraction of sp³-hybridized carbons (Fsp3) is 0.467. The Morgan fingerprint density at radius 1 is 1.20 bits per heavy atom. The molecular weight excluding hydrogens is 272 g/mol. The lowest BCUT2D eigenvalue weighted by molar-refractivity contribution is -0.129. The third-order valence-corrected chi connectivity index (χ3v) is 4.18. The largest absolute Gasteiger partial charge is 0.352 e. The van der Waals surface area contributed by atoms with E-state index in [1.807, 2.05) is 35.4 Å². The molecule has 0 atom stereocenters. The van der Waals surface area contributed by atoms with E-state index in [1.54, 1.807) is 11.8 Å². The average Bonchev–Trinajstić information content (AvgIpc) is 3.01. The van der Waals surface area contributed by atoms with E-state index in [0.29, 0.717) is 18.5 Å². The minimum atomic E-state index is -0.119. The van der Waals surface area contributed by atoms with Crippen LogP contribution in [0, 0.1) is 0 Å². The highest BCUT2D eigenvalue weighted by atomic mass is 32.2. The molecule has 0 saturated carbocycles. The van der Waals surface area contributed by atoms with Crippen LogP contribution in [-0.4, -0.2) is 42.6 Å². The summed E-state index contributed by atoms with van der Waals surface area (Å²) in [5.41, 5.74) is 0.636. The van der Waals surface area contributed by atoms with Gasteiger partial charge >= 0.3 is 0 Å². The normalized spacial score (nSPS) is 14.3. The molecule has 2 rings (SSSR count). The standard InChI is InChI=1S/C15H20N2O2S/c1-20-13-6-4-12(5-7-13)15(19)16-9-8-14(18)17-10-2-3-11-17/h4-7H,2-3,8-11H2,1H3,(H,16,19). The van der Waals surface area contributed by atoms with Crippen molar-refractivity contribution >= 4 is 23.6 Å². The van der Waals surface area contributed by atoms with Gasteiger partial charge in [0.05, 0.1) is 0 Å². The third kappa shape index (κ3) is 4.00. The molecule has 1 N–H and O–H groups in total. The van der Waals surface area contributed by atoms with Crippen molar-refractivity contribution in [2.45, 2.75) is 24.2 Å². The predicted octanol–water partition coefficient (Wildman–Crippen LogP) is 2.15. The van der Waals surface area contributed by atoms with Crippen molar-refractivity contribution in [3.8, 4) is 0 Å². The monoisotopic (exact) mass is 292 g/mol. The van der Waals surface area contributed by atoms with Gasteiger partial charge in [-0.25, -0.2) is 0 Å². The van der Waals surface area contributed by atoms with E-state index in [2.05, 4.69) is 5.32 Å². The second-order valence-corrected chi connectivity index (χ2v) is 5.70. The summed E-state index contributed by atoms with van der Waals surface area (Å²) in [6.45, 7) is 2.13. The van der Waals surface area contributed by atoms with Crippen LogP contribution in [0.5, 0.6) is 0 Å². The number of carbonyl (C=O) groups excluding carboxylic acids is 2. The van der Waals surface area contributed by atoms with E-state index < -0.39 is 0 Å². The smallest absolute Gasteiger partial charge is 0.251 e. The van der Waals surface area contributed by atoms with E-state index >= 15 is 0 Å². The fourth-order valence-electron chi connectivity index (χ4n) is 2.25. The van der Waals surface area contributed by atoms with Gasteiger partial charge in [-0.05, 0) is 43.4 Å². The topological polar surface area (TPSA) is 49.4 Å². The number of likely N-dealkylation sites (tertiary alicyclic amines) is 1. The van der Waals surface area contributed by atoms with E-state index in [1.165, 1.54) is 0 Å². The molecule has 1 saturated heterocycles. The average molecular weight is 292 g/mol. The van der Waals surface area contributed by atoms with Crippen molar-refractivity contribution in [1.82, 2.24) is 10.2 Å².